The lowest BCUT2D eigenvalue weighted by molar-refractivity contribution is 0.0661. The second kappa shape index (κ2) is 4.07. The van der Waals surface area contributed by atoms with Crippen molar-refractivity contribution in [2.75, 3.05) is 19.7 Å². The van der Waals surface area contributed by atoms with Crippen LogP contribution in [0.2, 0.25) is 0 Å². The van der Waals surface area contributed by atoms with Crippen molar-refractivity contribution in [1.82, 2.24) is 4.90 Å². The summed E-state index contributed by atoms with van der Waals surface area (Å²) in [7, 11) is 0. The molecule has 0 aromatic heterocycles. The molecular weight excluding hydrogens is 138 g/mol. The minimum absolute atomic E-state index is 0.502. The van der Waals surface area contributed by atoms with E-state index in [1.807, 2.05) is 0 Å². The van der Waals surface area contributed by atoms with E-state index in [1.165, 1.54) is 13.0 Å². The van der Waals surface area contributed by atoms with E-state index in [9.17, 15) is 0 Å². The quantitative estimate of drug-likeness (QED) is 0.615. The van der Waals surface area contributed by atoms with Gasteiger partial charge in [0.05, 0.1) is 6.10 Å². The summed E-state index contributed by atoms with van der Waals surface area (Å²) in [5.74, 6) is 0. The van der Waals surface area contributed by atoms with Crippen LogP contribution in [0.1, 0.15) is 27.2 Å². The lowest BCUT2D eigenvalue weighted by Gasteiger charge is -2.19. The molecule has 1 aliphatic rings. The summed E-state index contributed by atoms with van der Waals surface area (Å²) in [4.78, 5) is 2.47. The van der Waals surface area contributed by atoms with Gasteiger partial charge in [0, 0.05) is 25.7 Å². The van der Waals surface area contributed by atoms with E-state index in [0.717, 1.165) is 13.2 Å². The standard InChI is InChI=1S/C9H19NO/c1-4-11-9-5-6-10(7-9)8(2)3/h8-9H,4-7H2,1-3H3/t9-/m1/s1. The van der Waals surface area contributed by atoms with Crippen LogP contribution in [0.4, 0.5) is 0 Å². The van der Waals surface area contributed by atoms with Crippen LogP contribution >= 0.6 is 0 Å². The molecule has 1 heterocycles. The van der Waals surface area contributed by atoms with Gasteiger partial charge in [-0.3, -0.25) is 4.90 Å². The Morgan fingerprint density at radius 3 is 2.73 bits per heavy atom. The minimum atomic E-state index is 0.502. The summed E-state index contributed by atoms with van der Waals surface area (Å²) < 4.78 is 5.54. The molecule has 1 rings (SSSR count). The fourth-order valence-electron chi connectivity index (χ4n) is 1.59. The van der Waals surface area contributed by atoms with Crippen LogP contribution in [0.3, 0.4) is 0 Å². The molecule has 2 heteroatoms. The highest BCUT2D eigenvalue weighted by Gasteiger charge is 2.23. The van der Waals surface area contributed by atoms with Crippen LogP contribution in [0.5, 0.6) is 0 Å². The van der Waals surface area contributed by atoms with Gasteiger partial charge in [-0.25, -0.2) is 0 Å². The highest BCUT2D eigenvalue weighted by atomic mass is 16.5. The summed E-state index contributed by atoms with van der Waals surface area (Å²) in [6, 6.07) is 0.681. The molecule has 1 aliphatic heterocycles. The van der Waals surface area contributed by atoms with E-state index in [4.69, 9.17) is 4.74 Å². The zero-order chi connectivity index (χ0) is 8.27. The maximum absolute atomic E-state index is 5.54. The van der Waals surface area contributed by atoms with Gasteiger partial charge in [0.2, 0.25) is 0 Å². The SMILES string of the molecule is CCO[C@@H]1CCN(C(C)C)C1. The smallest absolute Gasteiger partial charge is 0.0714 e. The Kier molecular flexibility index (Phi) is 3.34. The van der Waals surface area contributed by atoms with Gasteiger partial charge >= 0.3 is 0 Å². The Balaban J connectivity index is 2.23. The number of nitrogens with zero attached hydrogens (tertiary/aromatic N) is 1. The van der Waals surface area contributed by atoms with E-state index in [-0.39, 0.29) is 0 Å². The molecule has 66 valence electrons. The number of hydrogen-bond donors (Lipinski definition) is 0. The van der Waals surface area contributed by atoms with Crippen LogP contribution in [0, 0.1) is 0 Å². The molecule has 2 nitrogen and oxygen atoms in total. The van der Waals surface area contributed by atoms with Crippen molar-refractivity contribution in [2.45, 2.75) is 39.3 Å². The van der Waals surface area contributed by atoms with Crippen LogP contribution < -0.4 is 0 Å². The molecular formula is C9H19NO. The Morgan fingerprint density at radius 2 is 2.27 bits per heavy atom. The zero-order valence-electron chi connectivity index (χ0n) is 7.84. The average molecular weight is 157 g/mol. The molecule has 0 amide bonds. The molecule has 1 fully saturated rings. The summed E-state index contributed by atoms with van der Waals surface area (Å²) in [6.45, 7) is 9.76. The summed E-state index contributed by atoms with van der Waals surface area (Å²) in [5.41, 5.74) is 0. The first-order valence-corrected chi connectivity index (χ1v) is 4.59. The fourth-order valence-corrected chi connectivity index (χ4v) is 1.59. The Bertz CT molecular complexity index is 114. The van der Waals surface area contributed by atoms with Crippen LogP contribution in [0.25, 0.3) is 0 Å². The molecule has 0 radical (unpaired) electrons. The maximum atomic E-state index is 5.54. The number of likely N-dealkylation sites (tertiary alicyclic amines) is 1. The second-order valence-corrected chi connectivity index (χ2v) is 3.45. The van der Waals surface area contributed by atoms with Crippen molar-refractivity contribution < 1.29 is 4.74 Å². The topological polar surface area (TPSA) is 12.5 Å². The Hall–Kier alpha value is -0.0800. The number of ether oxygens (including phenoxy) is 1. The molecule has 0 aromatic carbocycles. The van der Waals surface area contributed by atoms with E-state index >= 15 is 0 Å². The van der Waals surface area contributed by atoms with Crippen molar-refractivity contribution >= 4 is 0 Å². The molecule has 0 aliphatic carbocycles. The lowest BCUT2D eigenvalue weighted by Crippen LogP contribution is -2.29. The largest absolute Gasteiger partial charge is 0.377 e. The molecule has 11 heavy (non-hydrogen) atoms. The third kappa shape index (κ3) is 2.46. The zero-order valence-corrected chi connectivity index (χ0v) is 7.84. The minimum Gasteiger partial charge on any atom is -0.377 e. The summed E-state index contributed by atoms with van der Waals surface area (Å²) in [5, 5.41) is 0. The van der Waals surface area contributed by atoms with Crippen molar-refractivity contribution in [3.8, 4) is 0 Å². The maximum Gasteiger partial charge on any atom is 0.0714 e. The first-order valence-electron chi connectivity index (χ1n) is 4.59. The molecule has 0 spiro atoms. The van der Waals surface area contributed by atoms with Gasteiger partial charge in [-0.2, -0.15) is 0 Å². The second-order valence-electron chi connectivity index (χ2n) is 3.45. The van der Waals surface area contributed by atoms with Crippen molar-refractivity contribution in [1.29, 1.82) is 0 Å². The van der Waals surface area contributed by atoms with Gasteiger partial charge in [0.1, 0.15) is 0 Å². The van der Waals surface area contributed by atoms with Crippen LogP contribution in [-0.4, -0.2) is 36.7 Å². The fraction of sp³-hybridized carbons (Fsp3) is 1.00. The molecule has 0 aromatic rings. The Morgan fingerprint density at radius 1 is 1.55 bits per heavy atom. The van der Waals surface area contributed by atoms with E-state index < -0.39 is 0 Å². The van der Waals surface area contributed by atoms with Crippen molar-refractivity contribution in [3.05, 3.63) is 0 Å². The third-order valence-electron chi connectivity index (χ3n) is 2.31. The Labute approximate surface area is 69.5 Å². The number of rotatable bonds is 3. The summed E-state index contributed by atoms with van der Waals surface area (Å²) in [6.07, 6.45) is 1.72. The van der Waals surface area contributed by atoms with Crippen LogP contribution in [-0.2, 0) is 4.74 Å². The van der Waals surface area contributed by atoms with Crippen molar-refractivity contribution in [2.24, 2.45) is 0 Å². The molecule has 1 atom stereocenters. The first-order chi connectivity index (χ1) is 5.24. The van der Waals surface area contributed by atoms with E-state index in [1.54, 1.807) is 0 Å². The molecule has 0 saturated carbocycles. The monoisotopic (exact) mass is 157 g/mol. The van der Waals surface area contributed by atoms with E-state index in [2.05, 4.69) is 25.7 Å². The van der Waals surface area contributed by atoms with Gasteiger partial charge in [0.25, 0.3) is 0 Å². The first kappa shape index (κ1) is 9.01. The van der Waals surface area contributed by atoms with Crippen LogP contribution in [0.15, 0.2) is 0 Å². The third-order valence-corrected chi connectivity index (χ3v) is 2.31. The normalized spacial score (nSPS) is 26.7. The molecule has 0 bridgehead atoms. The predicted molar refractivity (Wildman–Crippen MR) is 46.7 cm³/mol. The van der Waals surface area contributed by atoms with Gasteiger partial charge in [-0.1, -0.05) is 0 Å². The highest BCUT2D eigenvalue weighted by molar-refractivity contribution is 4.77. The lowest BCUT2D eigenvalue weighted by atomic mass is 10.3. The highest BCUT2D eigenvalue weighted by Crippen LogP contribution is 2.14. The summed E-state index contributed by atoms with van der Waals surface area (Å²) >= 11 is 0. The average Bonchev–Trinajstić information content (AvgIpc) is 2.37. The van der Waals surface area contributed by atoms with Gasteiger partial charge in [-0.15, -0.1) is 0 Å². The molecule has 0 N–H and O–H groups in total. The number of hydrogen-bond acceptors (Lipinski definition) is 2. The van der Waals surface area contributed by atoms with E-state index in [0.29, 0.717) is 12.1 Å². The van der Waals surface area contributed by atoms with Gasteiger partial charge < -0.3 is 4.74 Å². The van der Waals surface area contributed by atoms with Gasteiger partial charge in [0.15, 0.2) is 0 Å². The molecule has 1 saturated heterocycles. The molecule has 0 unspecified atom stereocenters. The van der Waals surface area contributed by atoms with Crippen molar-refractivity contribution in [3.63, 3.8) is 0 Å². The van der Waals surface area contributed by atoms with Gasteiger partial charge in [-0.05, 0) is 27.2 Å². The predicted octanol–water partition coefficient (Wildman–Crippen LogP) is 1.51.